The molecule has 9 nitrogen and oxygen atoms in total. The van der Waals surface area contributed by atoms with E-state index in [0.717, 1.165) is 11.4 Å². The molecule has 9 heteroatoms. The molecule has 0 unspecified atom stereocenters. The van der Waals surface area contributed by atoms with Crippen molar-refractivity contribution in [2.45, 2.75) is 6.92 Å². The molecular formula is C19H20N6O3. The Bertz CT molecular complexity index is 964. The van der Waals surface area contributed by atoms with Gasteiger partial charge in [-0.05, 0) is 24.3 Å². The van der Waals surface area contributed by atoms with Gasteiger partial charge < -0.3 is 19.1 Å². The smallest absolute Gasteiger partial charge is 0.259 e. The van der Waals surface area contributed by atoms with E-state index in [-0.39, 0.29) is 5.91 Å². The van der Waals surface area contributed by atoms with Gasteiger partial charge in [-0.15, -0.1) is 0 Å². The molecule has 0 N–H and O–H groups in total. The Morgan fingerprint density at radius 3 is 2.61 bits per heavy atom. The van der Waals surface area contributed by atoms with Crippen LogP contribution in [0.15, 0.2) is 41.2 Å². The first-order chi connectivity index (χ1) is 13.7. The van der Waals surface area contributed by atoms with Gasteiger partial charge >= 0.3 is 0 Å². The summed E-state index contributed by atoms with van der Waals surface area (Å²) in [4.78, 5) is 29.6. The van der Waals surface area contributed by atoms with Crippen molar-refractivity contribution in [1.82, 2.24) is 25.0 Å². The van der Waals surface area contributed by atoms with Crippen molar-refractivity contribution < 1.29 is 14.1 Å². The lowest BCUT2D eigenvalue weighted by atomic mass is 10.2. The first kappa shape index (κ1) is 17.9. The number of hydrogen-bond donors (Lipinski definition) is 0. The lowest BCUT2D eigenvalue weighted by molar-refractivity contribution is 0.0742. The Morgan fingerprint density at radius 1 is 1.14 bits per heavy atom. The van der Waals surface area contributed by atoms with E-state index in [4.69, 9.17) is 9.26 Å². The molecule has 3 aromatic rings. The predicted molar refractivity (Wildman–Crippen MR) is 101 cm³/mol. The third-order valence-corrected chi connectivity index (χ3v) is 4.62. The van der Waals surface area contributed by atoms with Crippen molar-refractivity contribution in [3.8, 4) is 17.3 Å². The van der Waals surface area contributed by atoms with Crippen LogP contribution in [0.4, 0.5) is 5.82 Å². The molecule has 0 radical (unpaired) electrons. The average molecular weight is 380 g/mol. The van der Waals surface area contributed by atoms with Crippen molar-refractivity contribution in [3.05, 3.63) is 48.1 Å². The van der Waals surface area contributed by atoms with E-state index < -0.39 is 0 Å². The number of nitrogens with zero attached hydrogens (tertiary/aromatic N) is 6. The second kappa shape index (κ2) is 7.63. The van der Waals surface area contributed by atoms with Crippen LogP contribution in [0.25, 0.3) is 11.4 Å². The molecule has 3 aromatic heterocycles. The zero-order valence-corrected chi connectivity index (χ0v) is 15.7. The summed E-state index contributed by atoms with van der Waals surface area (Å²) in [6.45, 7) is 4.35. The van der Waals surface area contributed by atoms with Crippen molar-refractivity contribution >= 4 is 11.7 Å². The highest BCUT2D eigenvalue weighted by molar-refractivity contribution is 5.96. The van der Waals surface area contributed by atoms with Crippen molar-refractivity contribution in [3.63, 3.8) is 0 Å². The number of piperazine rings is 1. The van der Waals surface area contributed by atoms with Crippen LogP contribution in [0.3, 0.4) is 0 Å². The van der Waals surface area contributed by atoms with Crippen molar-refractivity contribution in [2.75, 3.05) is 38.2 Å². The molecule has 0 spiro atoms. The minimum absolute atomic E-state index is 0.0691. The predicted octanol–water partition coefficient (Wildman–Crippen LogP) is 1.81. The molecule has 0 bridgehead atoms. The van der Waals surface area contributed by atoms with Crippen LogP contribution < -0.4 is 9.64 Å². The van der Waals surface area contributed by atoms with E-state index >= 15 is 0 Å². The number of aryl methyl sites for hydroxylation is 1. The summed E-state index contributed by atoms with van der Waals surface area (Å²) < 4.78 is 10.2. The number of rotatable bonds is 4. The fourth-order valence-corrected chi connectivity index (χ4v) is 3.15. The van der Waals surface area contributed by atoms with Gasteiger partial charge in [-0.3, -0.25) is 4.79 Å². The zero-order valence-electron chi connectivity index (χ0n) is 15.7. The molecule has 0 aliphatic carbocycles. The van der Waals surface area contributed by atoms with Crippen molar-refractivity contribution in [1.29, 1.82) is 0 Å². The van der Waals surface area contributed by atoms with Gasteiger partial charge in [-0.1, -0.05) is 5.16 Å². The summed E-state index contributed by atoms with van der Waals surface area (Å²) in [5.41, 5.74) is 1.29. The molecule has 4 rings (SSSR count). The quantitative estimate of drug-likeness (QED) is 0.676. The number of aromatic nitrogens is 4. The Kier molecular flexibility index (Phi) is 4.88. The van der Waals surface area contributed by atoms with Crippen LogP contribution in [-0.2, 0) is 0 Å². The number of carbonyl (C=O) groups is 1. The Labute approximate surface area is 162 Å². The monoisotopic (exact) mass is 380 g/mol. The SMILES string of the molecule is COc1ncccc1C(=O)N1CCN(c2ccc(-c3noc(C)n3)cn2)CC1. The molecule has 144 valence electrons. The summed E-state index contributed by atoms with van der Waals surface area (Å²) in [6, 6.07) is 7.33. The van der Waals surface area contributed by atoms with Gasteiger partial charge in [0.25, 0.3) is 5.91 Å². The van der Waals surface area contributed by atoms with Crippen LogP contribution in [0, 0.1) is 6.92 Å². The van der Waals surface area contributed by atoms with E-state index in [1.54, 1.807) is 31.5 Å². The number of amides is 1. The lowest BCUT2D eigenvalue weighted by Crippen LogP contribution is -2.49. The second-order valence-corrected chi connectivity index (χ2v) is 6.38. The van der Waals surface area contributed by atoms with Crippen molar-refractivity contribution in [2.24, 2.45) is 0 Å². The molecule has 28 heavy (non-hydrogen) atoms. The van der Waals surface area contributed by atoms with E-state index in [1.807, 2.05) is 17.0 Å². The summed E-state index contributed by atoms with van der Waals surface area (Å²) >= 11 is 0. The number of carbonyl (C=O) groups excluding carboxylic acids is 1. The second-order valence-electron chi connectivity index (χ2n) is 6.38. The molecule has 1 saturated heterocycles. The fraction of sp³-hybridized carbons (Fsp3) is 0.316. The molecule has 1 aliphatic heterocycles. The number of hydrogen-bond acceptors (Lipinski definition) is 8. The summed E-state index contributed by atoms with van der Waals surface area (Å²) in [5, 5.41) is 3.90. The van der Waals surface area contributed by atoms with Gasteiger partial charge in [0, 0.05) is 51.1 Å². The van der Waals surface area contributed by atoms with Gasteiger partial charge in [-0.25, -0.2) is 9.97 Å². The first-order valence-electron chi connectivity index (χ1n) is 8.95. The maximum absolute atomic E-state index is 12.8. The van der Waals surface area contributed by atoms with Crippen LogP contribution in [0.2, 0.25) is 0 Å². The molecule has 4 heterocycles. The molecule has 1 aliphatic rings. The molecule has 1 fully saturated rings. The van der Waals surface area contributed by atoms with Gasteiger partial charge in [0.15, 0.2) is 0 Å². The maximum atomic E-state index is 12.8. The number of anilines is 1. The Morgan fingerprint density at radius 2 is 1.96 bits per heavy atom. The Balaban J connectivity index is 1.40. The van der Waals surface area contributed by atoms with E-state index in [9.17, 15) is 4.79 Å². The highest BCUT2D eigenvalue weighted by Gasteiger charge is 2.25. The molecule has 0 aromatic carbocycles. The number of methoxy groups -OCH3 is 1. The number of ether oxygens (including phenoxy) is 1. The van der Waals surface area contributed by atoms with E-state index in [2.05, 4.69) is 25.0 Å². The number of pyridine rings is 2. The Hall–Kier alpha value is -3.49. The van der Waals surface area contributed by atoms with Crippen LogP contribution in [0.1, 0.15) is 16.2 Å². The maximum Gasteiger partial charge on any atom is 0.259 e. The molecule has 0 saturated carbocycles. The van der Waals surface area contributed by atoms with Crippen LogP contribution in [-0.4, -0.2) is 64.2 Å². The standard InChI is InChI=1S/C19H20N6O3/c1-13-22-17(23-28-13)14-5-6-16(21-12-14)24-8-10-25(11-9-24)19(26)15-4-3-7-20-18(15)27-2/h3-7,12H,8-11H2,1-2H3. The largest absolute Gasteiger partial charge is 0.480 e. The van der Waals surface area contributed by atoms with E-state index in [1.165, 1.54) is 7.11 Å². The summed E-state index contributed by atoms with van der Waals surface area (Å²) in [6.07, 6.45) is 3.34. The van der Waals surface area contributed by atoms with Gasteiger partial charge in [0.1, 0.15) is 11.4 Å². The highest BCUT2D eigenvalue weighted by Crippen LogP contribution is 2.21. The molecule has 1 amide bonds. The van der Waals surface area contributed by atoms with E-state index in [0.29, 0.717) is 49.3 Å². The highest BCUT2D eigenvalue weighted by atomic mass is 16.5. The van der Waals surface area contributed by atoms with Crippen LogP contribution >= 0.6 is 0 Å². The van der Waals surface area contributed by atoms with Gasteiger partial charge in [-0.2, -0.15) is 4.98 Å². The fourth-order valence-electron chi connectivity index (χ4n) is 3.15. The zero-order chi connectivity index (χ0) is 19.5. The average Bonchev–Trinajstić information content (AvgIpc) is 3.20. The first-order valence-corrected chi connectivity index (χ1v) is 8.95. The van der Waals surface area contributed by atoms with Gasteiger partial charge in [0.2, 0.25) is 17.6 Å². The molecular weight excluding hydrogens is 360 g/mol. The van der Waals surface area contributed by atoms with Crippen LogP contribution in [0.5, 0.6) is 5.88 Å². The minimum Gasteiger partial charge on any atom is -0.480 e. The lowest BCUT2D eigenvalue weighted by Gasteiger charge is -2.35. The third kappa shape index (κ3) is 3.51. The normalized spacial score (nSPS) is 14.2. The summed E-state index contributed by atoms with van der Waals surface area (Å²) in [7, 11) is 1.52. The molecule has 0 atom stereocenters. The summed E-state index contributed by atoms with van der Waals surface area (Å²) in [5.74, 6) is 2.18. The topological polar surface area (TPSA) is 97.5 Å². The third-order valence-electron chi connectivity index (χ3n) is 4.62. The minimum atomic E-state index is -0.0691. The van der Waals surface area contributed by atoms with Gasteiger partial charge in [0.05, 0.1) is 7.11 Å².